The van der Waals surface area contributed by atoms with Gasteiger partial charge in [0.1, 0.15) is 0 Å². The quantitative estimate of drug-likeness (QED) is 0.467. The van der Waals surface area contributed by atoms with E-state index in [2.05, 4.69) is 22.9 Å². The predicted octanol–water partition coefficient (Wildman–Crippen LogP) is 1.05. The van der Waals surface area contributed by atoms with Gasteiger partial charge in [-0.1, -0.05) is 12.1 Å². The van der Waals surface area contributed by atoms with E-state index in [0.717, 1.165) is 18.8 Å². The molecule has 1 aliphatic heterocycles. The Morgan fingerprint density at radius 3 is 3.08 bits per heavy atom. The summed E-state index contributed by atoms with van der Waals surface area (Å²) in [5.74, 6) is 6.01. The van der Waals surface area contributed by atoms with Crippen molar-refractivity contribution in [3.63, 3.8) is 0 Å². The van der Waals surface area contributed by atoms with Gasteiger partial charge in [0.25, 0.3) is 0 Å². The van der Waals surface area contributed by atoms with Gasteiger partial charge in [0.2, 0.25) is 0 Å². The van der Waals surface area contributed by atoms with Crippen LogP contribution in [0.1, 0.15) is 17.9 Å². The minimum atomic E-state index is 0.660. The standard InChI is InChI=1S/C10H15N3/c11-13-10-3-1-2-8(6-10)9-4-5-12-7-9/h1-3,6,9,12-13H,4-5,7,11H2. The molecule has 3 nitrogen and oxygen atoms in total. The van der Waals surface area contributed by atoms with Gasteiger partial charge in [-0.15, -0.1) is 0 Å². The molecule has 1 heterocycles. The van der Waals surface area contributed by atoms with Crippen LogP contribution in [-0.2, 0) is 0 Å². The maximum Gasteiger partial charge on any atom is 0.0487 e. The second-order valence-corrected chi connectivity index (χ2v) is 3.46. The largest absolute Gasteiger partial charge is 0.324 e. The molecule has 0 bridgehead atoms. The molecule has 1 aromatic carbocycles. The van der Waals surface area contributed by atoms with Gasteiger partial charge >= 0.3 is 0 Å². The molecule has 1 atom stereocenters. The number of nitrogen functional groups attached to an aromatic ring is 1. The maximum atomic E-state index is 5.35. The molecule has 0 aliphatic carbocycles. The molecule has 3 heteroatoms. The van der Waals surface area contributed by atoms with Crippen LogP contribution in [0.5, 0.6) is 0 Å². The van der Waals surface area contributed by atoms with Gasteiger partial charge in [-0.3, -0.25) is 5.84 Å². The highest BCUT2D eigenvalue weighted by atomic mass is 15.2. The Kier molecular flexibility index (Phi) is 2.47. The van der Waals surface area contributed by atoms with Crippen LogP contribution in [0.25, 0.3) is 0 Å². The van der Waals surface area contributed by atoms with E-state index < -0.39 is 0 Å². The molecule has 0 spiro atoms. The smallest absolute Gasteiger partial charge is 0.0487 e. The van der Waals surface area contributed by atoms with E-state index in [1.54, 1.807) is 0 Å². The molecule has 1 fully saturated rings. The number of anilines is 1. The summed E-state index contributed by atoms with van der Waals surface area (Å²) >= 11 is 0. The second-order valence-electron chi connectivity index (χ2n) is 3.46. The summed E-state index contributed by atoms with van der Waals surface area (Å²) in [6.07, 6.45) is 1.23. The fraction of sp³-hybridized carbons (Fsp3) is 0.400. The average molecular weight is 177 g/mol. The Bertz CT molecular complexity index is 279. The van der Waals surface area contributed by atoms with Gasteiger partial charge in [-0.25, -0.2) is 0 Å². The molecular formula is C10H15N3. The highest BCUT2D eigenvalue weighted by molar-refractivity contribution is 5.45. The van der Waals surface area contributed by atoms with Crippen molar-refractivity contribution in [3.8, 4) is 0 Å². The maximum absolute atomic E-state index is 5.35. The lowest BCUT2D eigenvalue weighted by atomic mass is 9.98. The third-order valence-corrected chi connectivity index (χ3v) is 2.59. The first kappa shape index (κ1) is 8.53. The minimum absolute atomic E-state index is 0.660. The lowest BCUT2D eigenvalue weighted by Gasteiger charge is -2.09. The van der Waals surface area contributed by atoms with Crippen LogP contribution in [0, 0.1) is 0 Å². The zero-order valence-corrected chi connectivity index (χ0v) is 7.59. The lowest BCUT2D eigenvalue weighted by Crippen LogP contribution is -2.09. The third kappa shape index (κ3) is 1.82. The highest BCUT2D eigenvalue weighted by Crippen LogP contribution is 2.23. The summed E-state index contributed by atoms with van der Waals surface area (Å²) in [6.45, 7) is 2.22. The van der Waals surface area contributed by atoms with Crippen LogP contribution in [0.3, 0.4) is 0 Å². The number of benzene rings is 1. The van der Waals surface area contributed by atoms with Gasteiger partial charge in [0, 0.05) is 12.2 Å². The molecule has 1 saturated heterocycles. The molecule has 70 valence electrons. The summed E-state index contributed by atoms with van der Waals surface area (Å²) < 4.78 is 0. The van der Waals surface area contributed by atoms with Crippen molar-refractivity contribution < 1.29 is 0 Å². The number of nitrogens with two attached hydrogens (primary N) is 1. The van der Waals surface area contributed by atoms with Crippen LogP contribution >= 0.6 is 0 Å². The molecule has 0 aromatic heterocycles. The molecular weight excluding hydrogens is 162 g/mol. The van der Waals surface area contributed by atoms with Crippen LogP contribution < -0.4 is 16.6 Å². The summed E-state index contributed by atoms with van der Waals surface area (Å²) in [4.78, 5) is 0. The van der Waals surface area contributed by atoms with Crippen molar-refractivity contribution in [2.24, 2.45) is 5.84 Å². The van der Waals surface area contributed by atoms with E-state index in [1.165, 1.54) is 12.0 Å². The molecule has 0 radical (unpaired) electrons. The minimum Gasteiger partial charge on any atom is -0.324 e. The second kappa shape index (κ2) is 3.77. The first-order valence-electron chi connectivity index (χ1n) is 4.67. The first-order chi connectivity index (χ1) is 6.40. The summed E-state index contributed by atoms with van der Waals surface area (Å²) in [6, 6.07) is 8.31. The van der Waals surface area contributed by atoms with Crippen molar-refractivity contribution in [1.29, 1.82) is 0 Å². The summed E-state index contributed by atoms with van der Waals surface area (Å²) in [5.41, 5.74) is 5.04. The summed E-state index contributed by atoms with van der Waals surface area (Å²) in [5, 5.41) is 3.36. The molecule has 0 saturated carbocycles. The Balaban J connectivity index is 2.18. The Morgan fingerprint density at radius 2 is 2.38 bits per heavy atom. The molecule has 0 amide bonds. The van der Waals surface area contributed by atoms with Gasteiger partial charge in [0.15, 0.2) is 0 Å². The fourth-order valence-corrected chi connectivity index (χ4v) is 1.82. The molecule has 2 rings (SSSR count). The van der Waals surface area contributed by atoms with Crippen molar-refractivity contribution in [3.05, 3.63) is 29.8 Å². The van der Waals surface area contributed by atoms with Crippen LogP contribution in [0.15, 0.2) is 24.3 Å². The Labute approximate surface area is 78.3 Å². The van der Waals surface area contributed by atoms with Crippen molar-refractivity contribution >= 4 is 5.69 Å². The van der Waals surface area contributed by atoms with E-state index in [4.69, 9.17) is 5.84 Å². The van der Waals surface area contributed by atoms with E-state index in [1.807, 2.05) is 12.1 Å². The lowest BCUT2D eigenvalue weighted by molar-refractivity contribution is 0.763. The van der Waals surface area contributed by atoms with Crippen molar-refractivity contribution in [2.45, 2.75) is 12.3 Å². The number of hydrogen-bond acceptors (Lipinski definition) is 3. The topological polar surface area (TPSA) is 50.1 Å². The zero-order chi connectivity index (χ0) is 9.10. The molecule has 1 aliphatic rings. The number of hydrazine groups is 1. The van der Waals surface area contributed by atoms with E-state index in [9.17, 15) is 0 Å². The predicted molar refractivity (Wildman–Crippen MR) is 54.5 cm³/mol. The highest BCUT2D eigenvalue weighted by Gasteiger charge is 2.16. The SMILES string of the molecule is NNc1cccc(C2CCNC2)c1. The Hall–Kier alpha value is -1.06. The monoisotopic (exact) mass is 177 g/mol. The van der Waals surface area contributed by atoms with E-state index in [0.29, 0.717) is 5.92 Å². The molecule has 1 unspecified atom stereocenters. The third-order valence-electron chi connectivity index (χ3n) is 2.59. The van der Waals surface area contributed by atoms with E-state index in [-0.39, 0.29) is 0 Å². The van der Waals surface area contributed by atoms with E-state index >= 15 is 0 Å². The number of rotatable bonds is 2. The van der Waals surface area contributed by atoms with Crippen LogP contribution in [-0.4, -0.2) is 13.1 Å². The fourth-order valence-electron chi connectivity index (χ4n) is 1.82. The zero-order valence-electron chi connectivity index (χ0n) is 7.59. The van der Waals surface area contributed by atoms with Gasteiger partial charge in [-0.05, 0) is 36.6 Å². The average Bonchev–Trinajstić information content (AvgIpc) is 2.71. The van der Waals surface area contributed by atoms with Crippen LogP contribution in [0.4, 0.5) is 5.69 Å². The van der Waals surface area contributed by atoms with Gasteiger partial charge in [0.05, 0.1) is 0 Å². The number of hydrogen-bond donors (Lipinski definition) is 3. The van der Waals surface area contributed by atoms with Gasteiger partial charge < -0.3 is 10.7 Å². The van der Waals surface area contributed by atoms with Crippen molar-refractivity contribution in [1.82, 2.24) is 5.32 Å². The Morgan fingerprint density at radius 1 is 1.46 bits per heavy atom. The van der Waals surface area contributed by atoms with Crippen LogP contribution in [0.2, 0.25) is 0 Å². The van der Waals surface area contributed by atoms with Crippen molar-refractivity contribution in [2.75, 3.05) is 18.5 Å². The normalized spacial score (nSPS) is 21.8. The molecule has 1 aromatic rings. The molecule has 13 heavy (non-hydrogen) atoms. The molecule has 4 N–H and O–H groups in total. The summed E-state index contributed by atoms with van der Waals surface area (Å²) in [7, 11) is 0. The first-order valence-corrected chi connectivity index (χ1v) is 4.67. The number of nitrogens with one attached hydrogen (secondary N) is 2. The van der Waals surface area contributed by atoms with Gasteiger partial charge in [-0.2, -0.15) is 0 Å².